The van der Waals surface area contributed by atoms with Crippen LogP contribution in [0.4, 0.5) is 5.82 Å². The predicted molar refractivity (Wildman–Crippen MR) is 111 cm³/mol. The quantitative estimate of drug-likeness (QED) is 0.331. The number of fused-ring (bicyclic) bond motifs is 1. The molecular weight excluding hydrogens is 390 g/mol. The molecule has 0 unspecified atom stereocenters. The molecular formula is C20H17N5O3S. The number of aromatic carboxylic acids is 1. The van der Waals surface area contributed by atoms with Gasteiger partial charge < -0.3 is 15.8 Å². The Hall–Kier alpha value is -3.59. The van der Waals surface area contributed by atoms with Crippen LogP contribution < -0.4 is 11.4 Å². The summed E-state index contributed by atoms with van der Waals surface area (Å²) in [6.45, 7) is 0.362. The number of hydrogen-bond donors (Lipinski definition) is 3. The number of nitrogen functional groups attached to an aromatic ring is 1. The Morgan fingerprint density at radius 3 is 2.62 bits per heavy atom. The van der Waals surface area contributed by atoms with Gasteiger partial charge >= 0.3 is 11.7 Å². The summed E-state index contributed by atoms with van der Waals surface area (Å²) >= 11 is 1.32. The number of nitrogens with one attached hydrogen (secondary N) is 1. The van der Waals surface area contributed by atoms with Gasteiger partial charge in [-0.3, -0.25) is 4.57 Å². The largest absolute Gasteiger partial charge is 0.478 e. The van der Waals surface area contributed by atoms with Crippen LogP contribution in [0.25, 0.3) is 11.2 Å². The van der Waals surface area contributed by atoms with Crippen LogP contribution in [-0.2, 0) is 12.3 Å². The first kappa shape index (κ1) is 18.8. The minimum atomic E-state index is -0.976. The van der Waals surface area contributed by atoms with Crippen LogP contribution in [0, 0.1) is 0 Å². The molecule has 2 aromatic carbocycles. The first-order chi connectivity index (χ1) is 14.0. The van der Waals surface area contributed by atoms with Gasteiger partial charge in [0, 0.05) is 5.75 Å². The molecule has 29 heavy (non-hydrogen) atoms. The molecule has 8 nitrogen and oxygen atoms in total. The van der Waals surface area contributed by atoms with Crippen molar-refractivity contribution in [2.24, 2.45) is 0 Å². The third-order valence-corrected chi connectivity index (χ3v) is 5.27. The molecule has 0 aliphatic carbocycles. The summed E-state index contributed by atoms with van der Waals surface area (Å²) in [5.41, 5.74) is 8.59. The Kier molecular flexibility index (Phi) is 5.05. The first-order valence-corrected chi connectivity index (χ1v) is 9.75. The van der Waals surface area contributed by atoms with Gasteiger partial charge in [-0.25, -0.2) is 19.6 Å². The maximum absolute atomic E-state index is 12.4. The van der Waals surface area contributed by atoms with E-state index in [1.807, 2.05) is 36.4 Å². The van der Waals surface area contributed by atoms with Crippen molar-refractivity contribution in [1.82, 2.24) is 19.5 Å². The van der Waals surface area contributed by atoms with Gasteiger partial charge in [-0.2, -0.15) is 0 Å². The van der Waals surface area contributed by atoms with Crippen molar-refractivity contribution in [3.63, 3.8) is 0 Å². The van der Waals surface area contributed by atoms with Crippen molar-refractivity contribution in [3.05, 3.63) is 81.8 Å². The molecule has 4 aromatic rings. The molecule has 2 aromatic heterocycles. The van der Waals surface area contributed by atoms with Crippen molar-refractivity contribution in [1.29, 1.82) is 0 Å². The Balaban J connectivity index is 1.64. The van der Waals surface area contributed by atoms with Crippen molar-refractivity contribution < 1.29 is 9.90 Å². The predicted octanol–water partition coefficient (Wildman–Crippen LogP) is 2.74. The van der Waals surface area contributed by atoms with Crippen LogP contribution >= 0.6 is 11.8 Å². The number of aromatic amines is 1. The fraction of sp³-hybridized carbons (Fsp3) is 0.100. The molecule has 0 saturated heterocycles. The van der Waals surface area contributed by atoms with Crippen LogP contribution in [-0.4, -0.2) is 30.6 Å². The van der Waals surface area contributed by atoms with Crippen LogP contribution in [0.1, 0.15) is 21.5 Å². The molecule has 0 atom stereocenters. The summed E-state index contributed by atoms with van der Waals surface area (Å²) in [6.07, 6.45) is 0. The second-order valence-electron chi connectivity index (χ2n) is 6.39. The molecule has 4 N–H and O–H groups in total. The Morgan fingerprint density at radius 1 is 1.10 bits per heavy atom. The average Bonchev–Trinajstić information content (AvgIpc) is 3.03. The lowest BCUT2D eigenvalue weighted by Gasteiger charge is -2.06. The molecule has 146 valence electrons. The smallest absolute Gasteiger partial charge is 0.335 e. The fourth-order valence-corrected chi connectivity index (χ4v) is 3.74. The van der Waals surface area contributed by atoms with Crippen molar-refractivity contribution in [3.8, 4) is 0 Å². The Morgan fingerprint density at radius 2 is 1.86 bits per heavy atom. The second kappa shape index (κ2) is 7.80. The normalized spacial score (nSPS) is 11.0. The number of imidazole rings is 1. The highest BCUT2D eigenvalue weighted by Crippen LogP contribution is 2.24. The van der Waals surface area contributed by atoms with Gasteiger partial charge in [0.15, 0.2) is 16.6 Å². The van der Waals surface area contributed by atoms with E-state index in [1.54, 1.807) is 18.2 Å². The number of nitrogens with zero attached hydrogens (tertiary/aromatic N) is 3. The highest BCUT2D eigenvalue weighted by Gasteiger charge is 2.15. The zero-order valence-electron chi connectivity index (χ0n) is 15.2. The molecule has 0 fully saturated rings. The van der Waals surface area contributed by atoms with Crippen LogP contribution in [0.15, 0.2) is 64.5 Å². The Bertz CT molecular complexity index is 1250. The van der Waals surface area contributed by atoms with Gasteiger partial charge in [-0.1, -0.05) is 54.2 Å². The lowest BCUT2D eigenvalue weighted by atomic mass is 10.1. The molecule has 0 aliphatic rings. The topological polar surface area (TPSA) is 127 Å². The molecule has 2 heterocycles. The first-order valence-electron chi connectivity index (χ1n) is 8.76. The number of rotatable bonds is 6. The number of carboxylic acids is 1. The lowest BCUT2D eigenvalue weighted by Crippen LogP contribution is -2.17. The molecule has 0 spiro atoms. The van der Waals surface area contributed by atoms with Gasteiger partial charge in [0.25, 0.3) is 0 Å². The number of aromatic nitrogens is 4. The van der Waals surface area contributed by atoms with E-state index in [0.29, 0.717) is 28.6 Å². The van der Waals surface area contributed by atoms with Crippen LogP contribution in [0.2, 0.25) is 0 Å². The third-order valence-electron chi connectivity index (χ3n) is 4.36. The highest BCUT2D eigenvalue weighted by molar-refractivity contribution is 7.98. The zero-order valence-corrected chi connectivity index (χ0v) is 16.0. The van der Waals surface area contributed by atoms with Crippen LogP contribution in [0.5, 0.6) is 0 Å². The van der Waals surface area contributed by atoms with E-state index in [4.69, 9.17) is 10.8 Å². The van der Waals surface area contributed by atoms with E-state index in [2.05, 4.69) is 15.0 Å². The van der Waals surface area contributed by atoms with E-state index >= 15 is 0 Å². The van der Waals surface area contributed by atoms with Crippen molar-refractivity contribution in [2.75, 3.05) is 5.73 Å². The maximum atomic E-state index is 12.4. The SMILES string of the molecule is Nc1nc(SCc2cccc(C(=O)O)c2)nc2c1[nH]c(=O)n2Cc1ccccc1. The standard InChI is InChI=1S/C20H17N5O3S/c21-16-15-17(25(20(28)22-15)10-12-5-2-1-3-6-12)24-19(23-16)29-11-13-7-4-8-14(9-13)18(26)27/h1-9H,10-11H2,(H,22,28)(H,26,27)(H2,21,23,24). The van der Waals surface area contributed by atoms with E-state index in [0.717, 1.165) is 11.1 Å². The van der Waals surface area contributed by atoms with Crippen molar-refractivity contribution in [2.45, 2.75) is 17.5 Å². The number of benzene rings is 2. The number of anilines is 1. The van der Waals surface area contributed by atoms with E-state index in [9.17, 15) is 9.59 Å². The molecule has 0 saturated carbocycles. The molecule has 0 aliphatic heterocycles. The summed E-state index contributed by atoms with van der Waals surface area (Å²) < 4.78 is 1.53. The molecule has 0 amide bonds. The zero-order chi connectivity index (χ0) is 20.4. The van der Waals surface area contributed by atoms with Gasteiger partial charge in [-0.05, 0) is 23.3 Å². The summed E-state index contributed by atoms with van der Waals surface area (Å²) in [6, 6.07) is 16.3. The number of H-pyrrole nitrogens is 1. The fourth-order valence-electron chi connectivity index (χ4n) is 2.95. The second-order valence-corrected chi connectivity index (χ2v) is 7.33. The third kappa shape index (κ3) is 3.99. The summed E-state index contributed by atoms with van der Waals surface area (Å²) in [5.74, 6) is -0.309. The van der Waals surface area contributed by atoms with E-state index in [-0.39, 0.29) is 17.1 Å². The van der Waals surface area contributed by atoms with Gasteiger partial charge in [0.2, 0.25) is 0 Å². The highest BCUT2D eigenvalue weighted by atomic mass is 32.2. The monoisotopic (exact) mass is 407 g/mol. The number of thioether (sulfide) groups is 1. The van der Waals surface area contributed by atoms with Crippen LogP contribution in [0.3, 0.4) is 0 Å². The maximum Gasteiger partial charge on any atom is 0.335 e. The summed E-state index contributed by atoms with van der Waals surface area (Å²) in [5, 5.41) is 9.53. The minimum absolute atomic E-state index is 0.195. The molecule has 0 bridgehead atoms. The number of carbonyl (C=O) groups is 1. The van der Waals surface area contributed by atoms with Gasteiger partial charge in [-0.15, -0.1) is 0 Å². The number of hydrogen-bond acceptors (Lipinski definition) is 6. The van der Waals surface area contributed by atoms with Gasteiger partial charge in [0.1, 0.15) is 5.52 Å². The minimum Gasteiger partial charge on any atom is -0.478 e. The summed E-state index contributed by atoms with van der Waals surface area (Å²) in [7, 11) is 0. The number of carboxylic acid groups (broad SMARTS) is 1. The van der Waals surface area contributed by atoms with Crippen molar-refractivity contribution >= 4 is 34.7 Å². The lowest BCUT2D eigenvalue weighted by molar-refractivity contribution is 0.0697. The van der Waals surface area contributed by atoms with E-state index < -0.39 is 5.97 Å². The van der Waals surface area contributed by atoms with E-state index in [1.165, 1.54) is 16.3 Å². The van der Waals surface area contributed by atoms with Gasteiger partial charge in [0.05, 0.1) is 12.1 Å². The molecule has 0 radical (unpaired) electrons. The summed E-state index contributed by atoms with van der Waals surface area (Å²) in [4.78, 5) is 35.0. The Labute approximate surface area is 169 Å². The average molecular weight is 407 g/mol. The number of nitrogens with two attached hydrogens (primary N) is 1. The molecule has 9 heteroatoms. The molecule has 4 rings (SSSR count).